The van der Waals surface area contributed by atoms with Gasteiger partial charge in [0.1, 0.15) is 0 Å². The third kappa shape index (κ3) is 11.9. The summed E-state index contributed by atoms with van der Waals surface area (Å²) in [5.41, 5.74) is 5.39. The maximum Gasteiger partial charge on any atom is -0.00368 e. The Kier molecular flexibility index (Phi) is 12.8. The fourth-order valence-electron chi connectivity index (χ4n) is 1.32. The van der Waals surface area contributed by atoms with E-state index in [0.717, 1.165) is 32.6 Å². The Morgan fingerprint density at radius 1 is 0.786 bits per heavy atom. The van der Waals surface area contributed by atoms with Crippen molar-refractivity contribution in [2.45, 2.75) is 39.0 Å². The zero-order chi connectivity index (χ0) is 10.5. The molecule has 0 fully saturated rings. The summed E-state index contributed by atoms with van der Waals surface area (Å²) >= 11 is 0. The van der Waals surface area contributed by atoms with Crippen LogP contribution in [0.5, 0.6) is 0 Å². The average Bonchev–Trinajstić information content (AvgIpc) is 2.21. The summed E-state index contributed by atoms with van der Waals surface area (Å²) in [6, 6.07) is 0. The second-order valence-electron chi connectivity index (χ2n) is 3.70. The van der Waals surface area contributed by atoms with Crippen molar-refractivity contribution in [3.63, 3.8) is 0 Å². The Morgan fingerprint density at radius 2 is 1.36 bits per heavy atom. The van der Waals surface area contributed by atoms with Gasteiger partial charge in [0.25, 0.3) is 0 Å². The van der Waals surface area contributed by atoms with Crippen molar-refractivity contribution in [3.8, 4) is 0 Å². The van der Waals surface area contributed by atoms with Crippen LogP contribution in [0.2, 0.25) is 0 Å². The van der Waals surface area contributed by atoms with Crippen LogP contribution in [0, 0.1) is 0 Å². The molecular weight excluding hydrogens is 174 g/mol. The number of hydrogen-bond donors (Lipinski definition) is 3. The predicted molar refractivity (Wildman–Crippen MR) is 63.6 cm³/mol. The number of nitrogens with two attached hydrogens (primary N) is 1. The molecule has 14 heavy (non-hydrogen) atoms. The molecule has 0 heterocycles. The van der Waals surface area contributed by atoms with E-state index in [1.165, 1.54) is 32.2 Å². The summed E-state index contributed by atoms with van der Waals surface area (Å²) in [5, 5.41) is 6.81. The lowest BCUT2D eigenvalue weighted by Crippen LogP contribution is -2.24. The highest BCUT2D eigenvalue weighted by molar-refractivity contribution is 4.52. The topological polar surface area (TPSA) is 50.1 Å². The van der Waals surface area contributed by atoms with E-state index in [1.807, 2.05) is 0 Å². The first-order valence-corrected chi connectivity index (χ1v) is 6.03. The molecule has 3 nitrogen and oxygen atoms in total. The summed E-state index contributed by atoms with van der Waals surface area (Å²) in [6.45, 7) is 7.52. The van der Waals surface area contributed by atoms with E-state index >= 15 is 0 Å². The van der Waals surface area contributed by atoms with E-state index < -0.39 is 0 Å². The Labute approximate surface area is 88.8 Å². The number of hydrogen-bond acceptors (Lipinski definition) is 3. The van der Waals surface area contributed by atoms with Gasteiger partial charge >= 0.3 is 0 Å². The molecule has 0 aliphatic rings. The summed E-state index contributed by atoms with van der Waals surface area (Å²) in [7, 11) is 0. The third-order valence-corrected chi connectivity index (χ3v) is 2.22. The number of nitrogens with one attached hydrogen (secondary N) is 2. The molecule has 86 valence electrons. The van der Waals surface area contributed by atoms with E-state index in [9.17, 15) is 0 Å². The second-order valence-corrected chi connectivity index (χ2v) is 3.70. The molecule has 0 saturated heterocycles. The Balaban J connectivity index is 2.78. The van der Waals surface area contributed by atoms with Crippen LogP contribution in [0.15, 0.2) is 0 Å². The summed E-state index contributed by atoms with van der Waals surface area (Å²) < 4.78 is 0. The third-order valence-electron chi connectivity index (χ3n) is 2.22. The first-order valence-electron chi connectivity index (χ1n) is 6.03. The quantitative estimate of drug-likeness (QED) is 0.439. The Morgan fingerprint density at radius 3 is 1.93 bits per heavy atom. The minimum absolute atomic E-state index is 0.794. The zero-order valence-corrected chi connectivity index (χ0v) is 9.65. The van der Waals surface area contributed by atoms with Crippen molar-refractivity contribution >= 4 is 0 Å². The van der Waals surface area contributed by atoms with Crippen LogP contribution in [-0.4, -0.2) is 32.7 Å². The van der Waals surface area contributed by atoms with E-state index in [2.05, 4.69) is 17.6 Å². The monoisotopic (exact) mass is 201 g/mol. The normalized spacial score (nSPS) is 10.7. The van der Waals surface area contributed by atoms with Crippen molar-refractivity contribution < 1.29 is 0 Å². The molecule has 0 aliphatic carbocycles. The highest BCUT2D eigenvalue weighted by atomic mass is 14.9. The van der Waals surface area contributed by atoms with Crippen LogP contribution >= 0.6 is 0 Å². The van der Waals surface area contributed by atoms with Crippen molar-refractivity contribution in [2.75, 3.05) is 32.7 Å². The van der Waals surface area contributed by atoms with Gasteiger partial charge in [-0.2, -0.15) is 0 Å². The Hall–Kier alpha value is -0.120. The Bertz CT molecular complexity index is 84.5. The average molecular weight is 201 g/mol. The molecule has 0 aromatic heterocycles. The van der Waals surface area contributed by atoms with Crippen LogP contribution in [0.4, 0.5) is 0 Å². The van der Waals surface area contributed by atoms with Gasteiger partial charge in [0.05, 0.1) is 0 Å². The first-order chi connectivity index (χ1) is 6.91. The molecule has 3 heteroatoms. The molecule has 0 amide bonds. The largest absolute Gasteiger partial charge is 0.330 e. The molecule has 4 N–H and O–H groups in total. The molecule has 0 aromatic rings. The van der Waals surface area contributed by atoms with E-state index in [4.69, 9.17) is 5.73 Å². The van der Waals surface area contributed by atoms with Gasteiger partial charge in [0, 0.05) is 0 Å². The molecular formula is C11H27N3. The maximum absolute atomic E-state index is 5.39. The number of rotatable bonds is 11. The molecule has 0 rings (SSSR count). The number of unbranched alkanes of at least 4 members (excludes halogenated alkanes) is 2. The van der Waals surface area contributed by atoms with Gasteiger partial charge in [0.15, 0.2) is 0 Å². The van der Waals surface area contributed by atoms with Crippen LogP contribution in [0.1, 0.15) is 39.0 Å². The zero-order valence-electron chi connectivity index (χ0n) is 9.65. The molecule has 0 saturated carbocycles. The minimum atomic E-state index is 0.794. The molecule has 0 aliphatic heterocycles. The fourth-order valence-corrected chi connectivity index (χ4v) is 1.32. The molecule has 0 unspecified atom stereocenters. The van der Waals surface area contributed by atoms with Crippen LogP contribution < -0.4 is 16.4 Å². The molecule has 0 bridgehead atoms. The van der Waals surface area contributed by atoms with E-state index in [0.29, 0.717) is 0 Å². The lowest BCUT2D eigenvalue weighted by Gasteiger charge is -2.05. The van der Waals surface area contributed by atoms with Crippen LogP contribution in [0.3, 0.4) is 0 Å². The van der Waals surface area contributed by atoms with Gasteiger partial charge in [-0.15, -0.1) is 0 Å². The molecule has 0 spiro atoms. The van der Waals surface area contributed by atoms with E-state index in [-0.39, 0.29) is 0 Å². The highest BCUT2D eigenvalue weighted by Crippen LogP contribution is 1.90. The fraction of sp³-hybridized carbons (Fsp3) is 1.00. The maximum atomic E-state index is 5.39. The van der Waals surface area contributed by atoms with Gasteiger partial charge in [-0.1, -0.05) is 19.8 Å². The second kappa shape index (κ2) is 12.9. The van der Waals surface area contributed by atoms with Gasteiger partial charge in [-0.25, -0.2) is 0 Å². The van der Waals surface area contributed by atoms with Crippen molar-refractivity contribution in [1.29, 1.82) is 0 Å². The molecule has 0 aromatic carbocycles. The van der Waals surface area contributed by atoms with Gasteiger partial charge < -0.3 is 16.4 Å². The van der Waals surface area contributed by atoms with Crippen LogP contribution in [0.25, 0.3) is 0 Å². The standard InChI is InChI=1S/C11H27N3/c1-2-3-4-8-13-10-6-11-14-9-5-7-12/h13-14H,2-12H2,1H3. The minimum Gasteiger partial charge on any atom is -0.330 e. The molecule has 0 atom stereocenters. The highest BCUT2D eigenvalue weighted by Gasteiger charge is 1.89. The summed E-state index contributed by atoms with van der Waals surface area (Å²) in [4.78, 5) is 0. The van der Waals surface area contributed by atoms with Crippen molar-refractivity contribution in [2.24, 2.45) is 5.73 Å². The molecule has 0 radical (unpaired) electrons. The lowest BCUT2D eigenvalue weighted by atomic mass is 10.2. The van der Waals surface area contributed by atoms with Crippen LogP contribution in [-0.2, 0) is 0 Å². The first kappa shape index (κ1) is 13.9. The summed E-state index contributed by atoms with van der Waals surface area (Å²) in [5.74, 6) is 0. The van der Waals surface area contributed by atoms with Crippen molar-refractivity contribution in [1.82, 2.24) is 10.6 Å². The SMILES string of the molecule is CCCCCNCCCNCCCN. The lowest BCUT2D eigenvalue weighted by molar-refractivity contribution is 0.568. The smallest absolute Gasteiger partial charge is 0.00368 e. The van der Waals surface area contributed by atoms with E-state index in [1.54, 1.807) is 0 Å². The van der Waals surface area contributed by atoms with Crippen molar-refractivity contribution in [3.05, 3.63) is 0 Å². The summed E-state index contributed by atoms with van der Waals surface area (Å²) in [6.07, 6.45) is 6.28. The van der Waals surface area contributed by atoms with Gasteiger partial charge in [-0.05, 0) is 52.0 Å². The predicted octanol–water partition coefficient (Wildman–Crippen LogP) is 1.09. The van der Waals surface area contributed by atoms with Gasteiger partial charge in [-0.3, -0.25) is 0 Å². The van der Waals surface area contributed by atoms with Gasteiger partial charge in [0.2, 0.25) is 0 Å².